The van der Waals surface area contributed by atoms with Gasteiger partial charge < -0.3 is 20.3 Å². The van der Waals surface area contributed by atoms with E-state index < -0.39 is 17.6 Å². The second-order valence-corrected chi connectivity index (χ2v) is 8.43. The van der Waals surface area contributed by atoms with Gasteiger partial charge in [0.1, 0.15) is 17.2 Å². The topological polar surface area (TPSA) is 101 Å². The number of ether oxygens (including phenoxy) is 1. The van der Waals surface area contributed by atoms with E-state index in [0.29, 0.717) is 30.4 Å². The molecule has 1 aromatic carbocycles. The minimum atomic E-state index is -0.702. The molecule has 4 rings (SSSR count). The fourth-order valence-electron chi connectivity index (χ4n) is 4.52. The highest BCUT2D eigenvalue weighted by molar-refractivity contribution is 6.38. The largest absolute Gasteiger partial charge is 0.480 e. The maximum Gasteiger partial charge on any atom is 0.287 e. The number of likely N-dealkylation sites (N-methyl/N-ethyl adjacent to an activating group) is 1. The van der Waals surface area contributed by atoms with Crippen molar-refractivity contribution in [1.82, 2.24) is 15.2 Å². The monoisotopic (exact) mass is 454 g/mol. The molecule has 0 aliphatic carbocycles. The number of piperidine rings is 1. The van der Waals surface area contributed by atoms with E-state index in [1.165, 1.54) is 26.3 Å². The van der Waals surface area contributed by atoms with Gasteiger partial charge in [-0.15, -0.1) is 0 Å². The fraction of sp³-hybridized carbons (Fsp3) is 0.417. The summed E-state index contributed by atoms with van der Waals surface area (Å²) in [5.74, 6) is -1.36. The van der Waals surface area contributed by atoms with Crippen LogP contribution in [0.1, 0.15) is 40.2 Å². The van der Waals surface area contributed by atoms with E-state index in [-0.39, 0.29) is 29.7 Å². The van der Waals surface area contributed by atoms with Gasteiger partial charge in [0, 0.05) is 32.2 Å². The Kier molecular flexibility index (Phi) is 6.57. The third kappa shape index (κ3) is 4.67. The summed E-state index contributed by atoms with van der Waals surface area (Å²) in [6.45, 7) is 1.41. The highest BCUT2D eigenvalue weighted by atomic mass is 19.1. The average Bonchev–Trinajstić information content (AvgIpc) is 3.26. The standard InChI is InChI=1S/C24H27FN4O4/c1-26-22(31)20(30)19-13-27-21-17(19)12-18(23(28-21)33-2)24(32)29-9-7-15(8-10-29)11-14-3-5-16(25)6-4-14/h3-6,12,15,19H,7-11,13H2,1-2H3,(H,26,31)(H,27,28). The Morgan fingerprint density at radius 3 is 2.55 bits per heavy atom. The third-order valence-corrected chi connectivity index (χ3v) is 6.40. The number of rotatable bonds is 6. The Hall–Kier alpha value is -3.49. The van der Waals surface area contributed by atoms with E-state index in [0.717, 1.165) is 24.8 Å². The maximum atomic E-state index is 13.3. The van der Waals surface area contributed by atoms with Crippen LogP contribution in [0.15, 0.2) is 30.3 Å². The summed E-state index contributed by atoms with van der Waals surface area (Å²) < 4.78 is 18.5. The average molecular weight is 455 g/mol. The van der Waals surface area contributed by atoms with Crippen molar-refractivity contribution in [3.8, 4) is 5.88 Å². The van der Waals surface area contributed by atoms with Crippen molar-refractivity contribution in [1.29, 1.82) is 0 Å². The number of methoxy groups -OCH3 is 1. The SMILES string of the molecule is CNC(=O)C(=O)C1CNc2nc(OC)c(C(=O)N3CCC(Cc4ccc(F)cc4)CC3)cc21. The molecule has 0 spiro atoms. The number of carbonyl (C=O) groups is 3. The second-order valence-electron chi connectivity index (χ2n) is 8.43. The number of hydrogen-bond acceptors (Lipinski definition) is 6. The van der Waals surface area contributed by atoms with Gasteiger partial charge in [-0.25, -0.2) is 4.39 Å². The first-order valence-electron chi connectivity index (χ1n) is 11.0. The summed E-state index contributed by atoms with van der Waals surface area (Å²) >= 11 is 0. The first-order valence-corrected chi connectivity index (χ1v) is 11.0. The summed E-state index contributed by atoms with van der Waals surface area (Å²) in [6, 6.07) is 8.17. The van der Waals surface area contributed by atoms with Crippen LogP contribution in [0.25, 0.3) is 0 Å². The molecule has 2 N–H and O–H groups in total. The number of likely N-dealkylation sites (tertiary alicyclic amines) is 1. The summed E-state index contributed by atoms with van der Waals surface area (Å²) in [5.41, 5.74) is 1.90. The van der Waals surface area contributed by atoms with Crippen LogP contribution in [-0.2, 0) is 16.0 Å². The minimum absolute atomic E-state index is 0.188. The van der Waals surface area contributed by atoms with Crippen LogP contribution in [0.2, 0.25) is 0 Å². The van der Waals surface area contributed by atoms with Crippen LogP contribution >= 0.6 is 0 Å². The van der Waals surface area contributed by atoms with Crippen LogP contribution < -0.4 is 15.4 Å². The zero-order valence-electron chi connectivity index (χ0n) is 18.7. The van der Waals surface area contributed by atoms with Gasteiger partial charge in [0.15, 0.2) is 0 Å². The van der Waals surface area contributed by atoms with E-state index in [2.05, 4.69) is 15.6 Å². The number of fused-ring (bicyclic) bond motifs is 1. The van der Waals surface area contributed by atoms with Gasteiger partial charge in [0.2, 0.25) is 11.7 Å². The number of nitrogens with zero attached hydrogens (tertiary/aromatic N) is 2. The lowest BCUT2D eigenvalue weighted by molar-refractivity contribution is -0.138. The van der Waals surface area contributed by atoms with Crippen molar-refractivity contribution in [3.63, 3.8) is 0 Å². The van der Waals surface area contributed by atoms with Gasteiger partial charge >= 0.3 is 0 Å². The lowest BCUT2D eigenvalue weighted by atomic mass is 9.90. The molecule has 1 fully saturated rings. The molecular formula is C24H27FN4O4. The number of amides is 2. The number of pyridine rings is 1. The van der Waals surface area contributed by atoms with E-state index in [1.807, 2.05) is 0 Å². The predicted molar refractivity (Wildman–Crippen MR) is 120 cm³/mol. The summed E-state index contributed by atoms with van der Waals surface area (Å²) in [4.78, 5) is 43.8. The Balaban J connectivity index is 1.47. The van der Waals surface area contributed by atoms with Crippen molar-refractivity contribution in [3.05, 3.63) is 52.8 Å². The van der Waals surface area contributed by atoms with Gasteiger partial charge in [-0.05, 0) is 48.9 Å². The molecule has 2 aliphatic rings. The molecule has 9 heteroatoms. The van der Waals surface area contributed by atoms with Crippen molar-refractivity contribution >= 4 is 23.4 Å². The number of carbonyl (C=O) groups excluding carboxylic acids is 3. The molecule has 2 amide bonds. The third-order valence-electron chi connectivity index (χ3n) is 6.40. The minimum Gasteiger partial charge on any atom is -0.480 e. The summed E-state index contributed by atoms with van der Waals surface area (Å²) in [6.07, 6.45) is 2.52. The van der Waals surface area contributed by atoms with Crippen LogP contribution in [0.5, 0.6) is 5.88 Å². The number of benzene rings is 1. The van der Waals surface area contributed by atoms with Gasteiger partial charge in [-0.3, -0.25) is 14.4 Å². The Morgan fingerprint density at radius 2 is 1.91 bits per heavy atom. The van der Waals surface area contributed by atoms with Crippen LogP contribution in [0.3, 0.4) is 0 Å². The smallest absolute Gasteiger partial charge is 0.287 e. The quantitative estimate of drug-likeness (QED) is 0.649. The van der Waals surface area contributed by atoms with Gasteiger partial charge in [0.25, 0.3) is 11.8 Å². The highest BCUT2D eigenvalue weighted by Crippen LogP contribution is 2.35. The number of nitrogens with one attached hydrogen (secondary N) is 2. The molecule has 8 nitrogen and oxygen atoms in total. The normalized spacial score (nSPS) is 17.8. The Bertz CT molecular complexity index is 1060. The number of ketones is 1. The molecule has 2 aromatic rings. The molecular weight excluding hydrogens is 427 g/mol. The van der Waals surface area contributed by atoms with E-state index in [9.17, 15) is 18.8 Å². The first-order chi connectivity index (χ1) is 15.9. The number of anilines is 1. The first kappa shape index (κ1) is 22.7. The number of Topliss-reactive ketones (excluding diaryl/α,β-unsaturated/α-hetero) is 1. The van der Waals surface area contributed by atoms with E-state index in [1.54, 1.807) is 23.1 Å². The molecule has 0 saturated carbocycles. The molecule has 1 aromatic heterocycles. The molecule has 174 valence electrons. The van der Waals surface area contributed by atoms with Crippen molar-refractivity contribution in [2.24, 2.45) is 5.92 Å². The van der Waals surface area contributed by atoms with Crippen LogP contribution in [0.4, 0.5) is 10.2 Å². The van der Waals surface area contributed by atoms with Crippen LogP contribution in [0, 0.1) is 11.7 Å². The van der Waals surface area contributed by atoms with E-state index in [4.69, 9.17) is 4.74 Å². The highest BCUT2D eigenvalue weighted by Gasteiger charge is 2.36. The predicted octanol–water partition coefficient (Wildman–Crippen LogP) is 2.15. The van der Waals surface area contributed by atoms with Crippen LogP contribution in [-0.4, -0.2) is 61.3 Å². The molecule has 0 bridgehead atoms. The molecule has 33 heavy (non-hydrogen) atoms. The zero-order chi connectivity index (χ0) is 23.5. The molecule has 2 aliphatic heterocycles. The van der Waals surface area contributed by atoms with Gasteiger partial charge in [-0.2, -0.15) is 4.98 Å². The lowest BCUT2D eigenvalue weighted by Crippen LogP contribution is -2.39. The fourth-order valence-corrected chi connectivity index (χ4v) is 4.52. The van der Waals surface area contributed by atoms with E-state index >= 15 is 0 Å². The summed E-state index contributed by atoms with van der Waals surface area (Å²) in [7, 11) is 2.85. The molecule has 1 unspecified atom stereocenters. The molecule has 0 radical (unpaired) electrons. The zero-order valence-corrected chi connectivity index (χ0v) is 18.7. The summed E-state index contributed by atoms with van der Waals surface area (Å²) in [5, 5.41) is 5.38. The maximum absolute atomic E-state index is 13.3. The molecule has 1 atom stereocenters. The molecule has 1 saturated heterocycles. The second kappa shape index (κ2) is 9.56. The van der Waals surface area contributed by atoms with Gasteiger partial charge in [0.05, 0.1) is 13.0 Å². The number of halogens is 1. The lowest BCUT2D eigenvalue weighted by Gasteiger charge is -2.32. The van der Waals surface area contributed by atoms with Crippen molar-refractivity contribution in [2.45, 2.75) is 25.2 Å². The molecule has 3 heterocycles. The van der Waals surface area contributed by atoms with Crippen molar-refractivity contribution in [2.75, 3.05) is 39.1 Å². The Labute approximate surface area is 191 Å². The number of aromatic nitrogens is 1. The number of hydrogen-bond donors (Lipinski definition) is 2. The van der Waals surface area contributed by atoms with Gasteiger partial charge in [-0.1, -0.05) is 12.1 Å². The Morgan fingerprint density at radius 1 is 1.21 bits per heavy atom. The van der Waals surface area contributed by atoms with Crippen molar-refractivity contribution < 1.29 is 23.5 Å².